The fourth-order valence-electron chi connectivity index (χ4n) is 1.51. The molecular formula is C12H19N. The SMILES string of the molecule is CCc1ccc(C)c(CCCN)c1. The molecule has 0 aliphatic carbocycles. The smallest absolute Gasteiger partial charge is 0.00741 e. The first-order valence-corrected chi connectivity index (χ1v) is 5.06. The Hall–Kier alpha value is -0.820. The molecule has 0 saturated carbocycles. The Kier molecular flexibility index (Phi) is 3.97. The second kappa shape index (κ2) is 5.03. The Bertz CT molecular complexity index is 266. The number of nitrogens with two attached hydrogens (primary N) is 1. The van der Waals surface area contributed by atoms with Crippen LogP contribution in [0.1, 0.15) is 30.0 Å². The predicted molar refractivity (Wildman–Crippen MR) is 57.9 cm³/mol. The van der Waals surface area contributed by atoms with E-state index in [9.17, 15) is 0 Å². The Morgan fingerprint density at radius 3 is 2.69 bits per heavy atom. The molecule has 0 aliphatic heterocycles. The van der Waals surface area contributed by atoms with Crippen LogP contribution in [0.3, 0.4) is 0 Å². The van der Waals surface area contributed by atoms with Gasteiger partial charge in [0.2, 0.25) is 0 Å². The summed E-state index contributed by atoms with van der Waals surface area (Å²) in [6.07, 6.45) is 3.33. The highest BCUT2D eigenvalue weighted by Gasteiger charge is 1.98. The summed E-state index contributed by atoms with van der Waals surface area (Å²) in [6.45, 7) is 5.15. The fraction of sp³-hybridized carbons (Fsp3) is 0.500. The topological polar surface area (TPSA) is 26.0 Å². The first-order chi connectivity index (χ1) is 6.27. The van der Waals surface area contributed by atoms with E-state index in [0.29, 0.717) is 0 Å². The summed E-state index contributed by atoms with van der Waals surface area (Å²) in [5.74, 6) is 0. The molecule has 0 amide bonds. The minimum atomic E-state index is 0.787. The molecule has 1 heteroatoms. The number of benzene rings is 1. The Balaban J connectivity index is 2.78. The quantitative estimate of drug-likeness (QED) is 0.751. The number of rotatable bonds is 4. The van der Waals surface area contributed by atoms with E-state index < -0.39 is 0 Å². The average molecular weight is 177 g/mol. The molecule has 0 fully saturated rings. The van der Waals surface area contributed by atoms with Crippen molar-refractivity contribution in [3.05, 3.63) is 34.9 Å². The van der Waals surface area contributed by atoms with Crippen LogP contribution < -0.4 is 5.73 Å². The summed E-state index contributed by atoms with van der Waals surface area (Å²) >= 11 is 0. The summed E-state index contributed by atoms with van der Waals surface area (Å²) in [5, 5.41) is 0. The zero-order chi connectivity index (χ0) is 9.68. The lowest BCUT2D eigenvalue weighted by Crippen LogP contribution is -2.01. The lowest BCUT2D eigenvalue weighted by Gasteiger charge is -2.06. The molecule has 1 aromatic carbocycles. The monoisotopic (exact) mass is 177 g/mol. The molecule has 72 valence electrons. The van der Waals surface area contributed by atoms with Gasteiger partial charge in [-0.25, -0.2) is 0 Å². The highest BCUT2D eigenvalue weighted by Crippen LogP contribution is 2.13. The molecule has 0 aromatic heterocycles. The van der Waals surface area contributed by atoms with Gasteiger partial charge in [-0.05, 0) is 49.4 Å². The molecule has 0 spiro atoms. The number of aryl methyl sites for hydroxylation is 3. The third-order valence-corrected chi connectivity index (χ3v) is 2.47. The van der Waals surface area contributed by atoms with E-state index in [1.54, 1.807) is 0 Å². The van der Waals surface area contributed by atoms with E-state index in [1.165, 1.54) is 16.7 Å². The summed E-state index contributed by atoms with van der Waals surface area (Å²) in [4.78, 5) is 0. The highest BCUT2D eigenvalue weighted by atomic mass is 14.5. The fourth-order valence-corrected chi connectivity index (χ4v) is 1.51. The van der Waals surface area contributed by atoms with Crippen LogP contribution in [0.4, 0.5) is 0 Å². The van der Waals surface area contributed by atoms with E-state index in [-0.39, 0.29) is 0 Å². The van der Waals surface area contributed by atoms with Crippen LogP contribution in [-0.2, 0) is 12.8 Å². The normalized spacial score (nSPS) is 10.4. The van der Waals surface area contributed by atoms with Gasteiger partial charge in [0.1, 0.15) is 0 Å². The molecule has 0 aliphatic rings. The lowest BCUT2D eigenvalue weighted by molar-refractivity contribution is 0.826. The van der Waals surface area contributed by atoms with Crippen LogP contribution in [0.2, 0.25) is 0 Å². The first-order valence-electron chi connectivity index (χ1n) is 5.06. The van der Waals surface area contributed by atoms with Gasteiger partial charge >= 0.3 is 0 Å². The van der Waals surface area contributed by atoms with Crippen molar-refractivity contribution in [2.75, 3.05) is 6.54 Å². The lowest BCUT2D eigenvalue weighted by atomic mass is 10.00. The van der Waals surface area contributed by atoms with Gasteiger partial charge in [-0.15, -0.1) is 0 Å². The van der Waals surface area contributed by atoms with Crippen LogP contribution in [-0.4, -0.2) is 6.54 Å². The van der Waals surface area contributed by atoms with E-state index in [0.717, 1.165) is 25.8 Å². The third kappa shape index (κ3) is 2.85. The summed E-state index contributed by atoms with van der Waals surface area (Å²) < 4.78 is 0. The van der Waals surface area contributed by atoms with Gasteiger partial charge in [-0.1, -0.05) is 25.1 Å². The second-order valence-corrected chi connectivity index (χ2v) is 3.51. The maximum absolute atomic E-state index is 5.50. The maximum atomic E-state index is 5.50. The molecule has 2 N–H and O–H groups in total. The molecule has 0 heterocycles. The van der Waals surface area contributed by atoms with E-state index >= 15 is 0 Å². The number of hydrogen-bond acceptors (Lipinski definition) is 1. The van der Waals surface area contributed by atoms with E-state index in [4.69, 9.17) is 5.73 Å². The van der Waals surface area contributed by atoms with Crippen molar-refractivity contribution in [3.8, 4) is 0 Å². The molecule has 0 unspecified atom stereocenters. The number of hydrogen-bond donors (Lipinski definition) is 1. The van der Waals surface area contributed by atoms with Crippen molar-refractivity contribution < 1.29 is 0 Å². The molecule has 13 heavy (non-hydrogen) atoms. The van der Waals surface area contributed by atoms with E-state index in [1.807, 2.05) is 0 Å². The van der Waals surface area contributed by atoms with Gasteiger partial charge in [-0.2, -0.15) is 0 Å². The maximum Gasteiger partial charge on any atom is -0.00741 e. The van der Waals surface area contributed by atoms with Gasteiger partial charge in [0.25, 0.3) is 0 Å². The molecular weight excluding hydrogens is 158 g/mol. The van der Waals surface area contributed by atoms with Crippen LogP contribution in [0.15, 0.2) is 18.2 Å². The summed E-state index contributed by atoms with van der Waals surface area (Å²) in [7, 11) is 0. The van der Waals surface area contributed by atoms with Gasteiger partial charge in [-0.3, -0.25) is 0 Å². The predicted octanol–water partition coefficient (Wildman–Crippen LogP) is 2.45. The third-order valence-electron chi connectivity index (χ3n) is 2.47. The molecule has 0 bridgehead atoms. The molecule has 1 aromatic rings. The zero-order valence-corrected chi connectivity index (χ0v) is 8.64. The van der Waals surface area contributed by atoms with Gasteiger partial charge < -0.3 is 5.73 Å². The molecule has 1 nitrogen and oxygen atoms in total. The van der Waals surface area contributed by atoms with Gasteiger partial charge in [0, 0.05) is 0 Å². The standard InChI is InChI=1S/C12H19N/c1-3-11-7-6-10(2)12(9-11)5-4-8-13/h6-7,9H,3-5,8,13H2,1-2H3. The van der Waals surface area contributed by atoms with Gasteiger partial charge in [0.05, 0.1) is 0 Å². The Morgan fingerprint density at radius 2 is 2.08 bits per heavy atom. The molecule has 0 radical (unpaired) electrons. The highest BCUT2D eigenvalue weighted by molar-refractivity contribution is 5.31. The Labute approximate surface area is 81.0 Å². The molecule has 0 saturated heterocycles. The van der Waals surface area contributed by atoms with Crippen molar-refractivity contribution in [2.24, 2.45) is 5.73 Å². The van der Waals surface area contributed by atoms with Crippen molar-refractivity contribution in [1.29, 1.82) is 0 Å². The largest absolute Gasteiger partial charge is 0.330 e. The first kappa shape index (κ1) is 10.3. The van der Waals surface area contributed by atoms with E-state index in [2.05, 4.69) is 32.0 Å². The van der Waals surface area contributed by atoms with Gasteiger partial charge in [0.15, 0.2) is 0 Å². The molecule has 1 rings (SSSR count). The van der Waals surface area contributed by atoms with Crippen molar-refractivity contribution >= 4 is 0 Å². The average Bonchev–Trinajstić information content (AvgIpc) is 2.17. The van der Waals surface area contributed by atoms with Crippen molar-refractivity contribution in [3.63, 3.8) is 0 Å². The zero-order valence-electron chi connectivity index (χ0n) is 8.64. The van der Waals surface area contributed by atoms with Crippen LogP contribution in [0.5, 0.6) is 0 Å². The summed E-state index contributed by atoms with van der Waals surface area (Å²) in [6, 6.07) is 6.73. The summed E-state index contributed by atoms with van der Waals surface area (Å²) in [5.41, 5.74) is 9.78. The minimum Gasteiger partial charge on any atom is -0.330 e. The molecule has 0 atom stereocenters. The second-order valence-electron chi connectivity index (χ2n) is 3.51. The minimum absolute atomic E-state index is 0.787. The van der Waals surface area contributed by atoms with Crippen molar-refractivity contribution in [1.82, 2.24) is 0 Å². The van der Waals surface area contributed by atoms with Crippen LogP contribution in [0, 0.1) is 6.92 Å². The van der Waals surface area contributed by atoms with Crippen LogP contribution >= 0.6 is 0 Å². The van der Waals surface area contributed by atoms with Crippen molar-refractivity contribution in [2.45, 2.75) is 33.1 Å². The Morgan fingerprint density at radius 1 is 1.31 bits per heavy atom. The van der Waals surface area contributed by atoms with Crippen LogP contribution in [0.25, 0.3) is 0 Å².